The topological polar surface area (TPSA) is 84.2 Å². The third-order valence-corrected chi connectivity index (χ3v) is 3.23. The summed E-state index contributed by atoms with van der Waals surface area (Å²) in [5.74, 6) is -0.939. The lowest BCUT2D eigenvalue weighted by Crippen LogP contribution is -2.22. The predicted molar refractivity (Wildman–Crippen MR) is 76.7 cm³/mol. The van der Waals surface area contributed by atoms with Crippen LogP contribution in [-0.4, -0.2) is 26.5 Å². The van der Waals surface area contributed by atoms with Crippen LogP contribution in [0.4, 0.5) is 5.69 Å². The van der Waals surface area contributed by atoms with Crippen molar-refractivity contribution in [1.29, 1.82) is 0 Å². The Morgan fingerprint density at radius 2 is 2.00 bits per heavy atom. The highest BCUT2D eigenvalue weighted by molar-refractivity contribution is 9.10. The van der Waals surface area contributed by atoms with E-state index in [0.29, 0.717) is 11.5 Å². The zero-order chi connectivity index (χ0) is 14.7. The maximum Gasteiger partial charge on any atom is 0.354 e. The average molecular weight is 338 g/mol. The second-order valence-electron chi connectivity index (χ2n) is 4.14. The van der Waals surface area contributed by atoms with E-state index < -0.39 is 5.97 Å². The van der Waals surface area contributed by atoms with Crippen LogP contribution in [0.3, 0.4) is 0 Å². The fourth-order valence-corrected chi connectivity index (χ4v) is 1.98. The molecule has 0 aliphatic carbocycles. The lowest BCUT2D eigenvalue weighted by atomic mass is 10.3. The quantitative estimate of drug-likeness (QED) is 0.896. The van der Waals surface area contributed by atoms with Gasteiger partial charge >= 0.3 is 5.97 Å². The van der Waals surface area contributed by atoms with Crippen molar-refractivity contribution < 1.29 is 14.7 Å². The Morgan fingerprint density at radius 3 is 2.60 bits per heavy atom. The fourth-order valence-electron chi connectivity index (χ4n) is 1.72. The number of nitrogens with zero attached hydrogens (tertiary/aromatic N) is 2. The van der Waals surface area contributed by atoms with Crippen LogP contribution in [0, 0.1) is 6.92 Å². The molecule has 6 nitrogen and oxygen atoms in total. The number of hydrogen-bond acceptors (Lipinski definition) is 3. The summed E-state index contributed by atoms with van der Waals surface area (Å²) in [6, 6.07) is 7.11. The first-order valence-electron chi connectivity index (χ1n) is 5.78. The molecule has 104 valence electrons. The van der Waals surface area contributed by atoms with Gasteiger partial charge in [-0.3, -0.25) is 4.79 Å². The minimum absolute atomic E-state index is 0.00606. The summed E-state index contributed by atoms with van der Waals surface area (Å²) in [6.07, 6.45) is 1.24. The summed E-state index contributed by atoms with van der Waals surface area (Å²) in [4.78, 5) is 26.8. The molecule has 2 rings (SSSR count). The van der Waals surface area contributed by atoms with Gasteiger partial charge in [0, 0.05) is 10.2 Å². The number of benzene rings is 1. The molecule has 1 aromatic carbocycles. The van der Waals surface area contributed by atoms with Crippen LogP contribution in [0.1, 0.15) is 16.3 Å². The van der Waals surface area contributed by atoms with Gasteiger partial charge in [0.1, 0.15) is 18.1 Å². The van der Waals surface area contributed by atoms with Gasteiger partial charge in [0.15, 0.2) is 0 Å². The number of anilines is 1. The summed E-state index contributed by atoms with van der Waals surface area (Å²) >= 11 is 3.30. The summed E-state index contributed by atoms with van der Waals surface area (Å²) < 4.78 is 2.27. The van der Waals surface area contributed by atoms with Crippen LogP contribution in [0.5, 0.6) is 0 Å². The van der Waals surface area contributed by atoms with Gasteiger partial charge in [-0.2, -0.15) is 0 Å². The molecular weight excluding hydrogens is 326 g/mol. The number of amides is 1. The van der Waals surface area contributed by atoms with Gasteiger partial charge in [-0.1, -0.05) is 15.9 Å². The van der Waals surface area contributed by atoms with Gasteiger partial charge in [-0.25, -0.2) is 9.78 Å². The Bertz CT molecular complexity index is 649. The van der Waals surface area contributed by atoms with Crippen LogP contribution < -0.4 is 5.32 Å². The van der Waals surface area contributed by atoms with Gasteiger partial charge in [0.25, 0.3) is 0 Å². The van der Waals surface area contributed by atoms with Crippen molar-refractivity contribution in [2.45, 2.75) is 13.5 Å². The molecule has 0 bridgehead atoms. The number of hydrogen-bond donors (Lipinski definition) is 2. The molecule has 7 heteroatoms. The van der Waals surface area contributed by atoms with Crippen molar-refractivity contribution in [3.05, 3.63) is 46.5 Å². The standard InChI is InChI=1S/C13H12BrN3O3/c1-8-15-6-11(13(19)20)17(8)7-12(18)16-10-4-2-9(14)3-5-10/h2-6H,7H2,1H3,(H,16,18)(H,19,20). The Balaban J connectivity index is 2.10. The van der Waals surface area contributed by atoms with Crippen LogP contribution in [0.25, 0.3) is 0 Å². The van der Waals surface area contributed by atoms with Crippen molar-refractivity contribution in [3.63, 3.8) is 0 Å². The molecule has 0 spiro atoms. The van der Waals surface area contributed by atoms with Crippen molar-refractivity contribution in [2.75, 3.05) is 5.32 Å². The monoisotopic (exact) mass is 337 g/mol. The summed E-state index contributed by atoms with van der Waals surface area (Å²) in [5.41, 5.74) is 0.640. The molecule has 0 fully saturated rings. The van der Waals surface area contributed by atoms with Crippen LogP contribution in [0.15, 0.2) is 34.9 Å². The SMILES string of the molecule is Cc1ncc(C(=O)O)n1CC(=O)Nc1ccc(Br)cc1. The molecule has 0 radical (unpaired) electrons. The first-order chi connectivity index (χ1) is 9.47. The van der Waals surface area contributed by atoms with E-state index in [-0.39, 0.29) is 18.1 Å². The van der Waals surface area contributed by atoms with E-state index in [4.69, 9.17) is 5.11 Å². The molecule has 1 amide bonds. The number of halogens is 1. The molecule has 0 aliphatic heterocycles. The summed E-state index contributed by atoms with van der Waals surface area (Å²) in [5, 5.41) is 11.7. The number of aromatic carboxylic acids is 1. The highest BCUT2D eigenvalue weighted by atomic mass is 79.9. The first kappa shape index (κ1) is 14.3. The molecule has 0 aliphatic rings. The van der Waals surface area contributed by atoms with Crippen molar-refractivity contribution in [2.24, 2.45) is 0 Å². The number of carbonyl (C=O) groups excluding carboxylic acids is 1. The van der Waals surface area contributed by atoms with Gasteiger partial charge in [-0.15, -0.1) is 0 Å². The maximum atomic E-state index is 11.9. The number of carboxylic acid groups (broad SMARTS) is 1. The molecule has 1 heterocycles. The predicted octanol–water partition coefficient (Wildman–Crippen LogP) is 2.29. The van der Waals surface area contributed by atoms with Crippen LogP contribution in [-0.2, 0) is 11.3 Å². The number of imidazole rings is 1. The number of carbonyl (C=O) groups is 2. The molecule has 20 heavy (non-hydrogen) atoms. The van der Waals surface area contributed by atoms with Gasteiger partial charge < -0.3 is 15.0 Å². The molecular formula is C13H12BrN3O3. The number of rotatable bonds is 4. The van der Waals surface area contributed by atoms with E-state index in [1.54, 1.807) is 31.2 Å². The average Bonchev–Trinajstić information content (AvgIpc) is 2.74. The smallest absolute Gasteiger partial charge is 0.354 e. The largest absolute Gasteiger partial charge is 0.477 e. The normalized spacial score (nSPS) is 10.3. The van der Waals surface area contributed by atoms with E-state index in [2.05, 4.69) is 26.2 Å². The second-order valence-corrected chi connectivity index (χ2v) is 5.05. The Hall–Kier alpha value is -2.15. The zero-order valence-corrected chi connectivity index (χ0v) is 12.2. The van der Waals surface area contributed by atoms with E-state index in [0.717, 1.165) is 4.47 Å². The molecule has 1 aromatic heterocycles. The molecule has 2 aromatic rings. The van der Waals surface area contributed by atoms with Crippen molar-refractivity contribution in [1.82, 2.24) is 9.55 Å². The molecule has 0 saturated carbocycles. The number of carboxylic acids is 1. The Kier molecular flexibility index (Phi) is 4.19. The van der Waals surface area contributed by atoms with Crippen LogP contribution >= 0.6 is 15.9 Å². The van der Waals surface area contributed by atoms with Crippen molar-refractivity contribution in [3.8, 4) is 0 Å². The summed E-state index contributed by atoms with van der Waals surface area (Å²) in [6.45, 7) is 1.56. The lowest BCUT2D eigenvalue weighted by Gasteiger charge is -2.09. The second kappa shape index (κ2) is 5.87. The summed E-state index contributed by atoms with van der Waals surface area (Å²) in [7, 11) is 0. The number of nitrogens with one attached hydrogen (secondary N) is 1. The number of aryl methyl sites for hydroxylation is 1. The highest BCUT2D eigenvalue weighted by Gasteiger charge is 2.15. The minimum Gasteiger partial charge on any atom is -0.477 e. The lowest BCUT2D eigenvalue weighted by molar-refractivity contribution is -0.116. The molecule has 2 N–H and O–H groups in total. The molecule has 0 atom stereocenters. The minimum atomic E-state index is -1.11. The van der Waals surface area contributed by atoms with E-state index in [1.165, 1.54) is 10.8 Å². The van der Waals surface area contributed by atoms with E-state index in [1.807, 2.05) is 0 Å². The fraction of sp³-hybridized carbons (Fsp3) is 0.154. The third kappa shape index (κ3) is 3.24. The van der Waals surface area contributed by atoms with Gasteiger partial charge in [0.2, 0.25) is 5.91 Å². The van der Waals surface area contributed by atoms with Crippen molar-refractivity contribution >= 4 is 33.5 Å². The molecule has 0 unspecified atom stereocenters. The maximum absolute atomic E-state index is 11.9. The van der Waals surface area contributed by atoms with Gasteiger partial charge in [0.05, 0.1) is 6.20 Å². The number of aromatic nitrogens is 2. The van der Waals surface area contributed by atoms with E-state index >= 15 is 0 Å². The Morgan fingerprint density at radius 1 is 1.35 bits per heavy atom. The third-order valence-electron chi connectivity index (χ3n) is 2.70. The van der Waals surface area contributed by atoms with Gasteiger partial charge in [-0.05, 0) is 31.2 Å². The zero-order valence-electron chi connectivity index (χ0n) is 10.6. The highest BCUT2D eigenvalue weighted by Crippen LogP contribution is 2.14. The first-order valence-corrected chi connectivity index (χ1v) is 6.57. The Labute approximate surface area is 123 Å². The van der Waals surface area contributed by atoms with E-state index in [9.17, 15) is 9.59 Å². The molecule has 0 saturated heterocycles. The van der Waals surface area contributed by atoms with Crippen LogP contribution in [0.2, 0.25) is 0 Å².